The minimum Gasteiger partial charge on any atom is -0.388 e. The highest BCUT2D eigenvalue weighted by Gasteiger charge is 2.33. The molecule has 1 aromatic rings. The number of sulfonamides is 1. The van der Waals surface area contributed by atoms with E-state index in [0.717, 1.165) is 24.9 Å². The molecule has 1 aromatic carbocycles. The van der Waals surface area contributed by atoms with Crippen LogP contribution in [0.25, 0.3) is 0 Å². The summed E-state index contributed by atoms with van der Waals surface area (Å²) >= 11 is 0. The Bertz CT molecular complexity index is 535. The van der Waals surface area contributed by atoms with Crippen molar-refractivity contribution in [2.75, 3.05) is 12.4 Å². The largest absolute Gasteiger partial charge is 0.388 e. The van der Waals surface area contributed by atoms with Gasteiger partial charge in [0, 0.05) is 18.8 Å². The van der Waals surface area contributed by atoms with E-state index in [1.165, 1.54) is 0 Å². The van der Waals surface area contributed by atoms with Crippen LogP contribution in [0.3, 0.4) is 0 Å². The molecule has 0 saturated heterocycles. The molecule has 2 N–H and O–H groups in total. The van der Waals surface area contributed by atoms with Crippen molar-refractivity contribution in [3.63, 3.8) is 0 Å². The highest BCUT2D eigenvalue weighted by Crippen LogP contribution is 2.37. The van der Waals surface area contributed by atoms with E-state index in [9.17, 15) is 8.42 Å². The first-order valence-corrected chi connectivity index (χ1v) is 8.11. The van der Waals surface area contributed by atoms with Gasteiger partial charge in [-0.3, -0.25) is 0 Å². The molecular weight excluding hydrogens is 260 g/mol. The molecule has 0 bridgehead atoms. The lowest BCUT2D eigenvalue weighted by Crippen LogP contribution is -2.33. The zero-order chi connectivity index (χ0) is 14.1. The zero-order valence-electron chi connectivity index (χ0n) is 11.7. The van der Waals surface area contributed by atoms with Gasteiger partial charge in [-0.2, -0.15) is 0 Å². The third kappa shape index (κ3) is 3.48. The first kappa shape index (κ1) is 14.3. The van der Waals surface area contributed by atoms with Crippen LogP contribution in [0.2, 0.25) is 0 Å². The summed E-state index contributed by atoms with van der Waals surface area (Å²) in [6.45, 7) is 4.37. The van der Waals surface area contributed by atoms with Crippen LogP contribution in [-0.2, 0) is 10.0 Å². The van der Waals surface area contributed by atoms with Crippen molar-refractivity contribution >= 4 is 15.7 Å². The second-order valence-corrected chi connectivity index (χ2v) is 7.71. The van der Waals surface area contributed by atoms with Gasteiger partial charge >= 0.3 is 0 Å². The summed E-state index contributed by atoms with van der Waals surface area (Å²) in [7, 11) is -1.59. The van der Waals surface area contributed by atoms with E-state index in [1.54, 1.807) is 24.3 Å². The number of hydrogen-bond donors (Lipinski definition) is 2. The Hall–Kier alpha value is -1.07. The fourth-order valence-electron chi connectivity index (χ4n) is 2.62. The summed E-state index contributed by atoms with van der Waals surface area (Å²) < 4.78 is 27.4. The normalized spacial score (nSPS) is 22.4. The summed E-state index contributed by atoms with van der Waals surface area (Å²) in [5.41, 5.74) is 1.14. The van der Waals surface area contributed by atoms with Crippen LogP contribution in [0.15, 0.2) is 29.2 Å². The Kier molecular flexibility index (Phi) is 3.87. The van der Waals surface area contributed by atoms with Gasteiger partial charge in [-0.15, -0.1) is 0 Å². The lowest BCUT2D eigenvalue weighted by atomic mass is 9.92. The van der Waals surface area contributed by atoms with Crippen molar-refractivity contribution in [1.82, 2.24) is 4.72 Å². The predicted molar refractivity (Wildman–Crippen MR) is 77.7 cm³/mol. The Morgan fingerprint density at radius 1 is 1.21 bits per heavy atom. The van der Waals surface area contributed by atoms with E-state index < -0.39 is 10.0 Å². The van der Waals surface area contributed by atoms with Crippen LogP contribution < -0.4 is 10.0 Å². The molecule has 19 heavy (non-hydrogen) atoms. The molecule has 0 aromatic heterocycles. The van der Waals surface area contributed by atoms with Crippen molar-refractivity contribution in [1.29, 1.82) is 0 Å². The predicted octanol–water partition coefficient (Wildman–Crippen LogP) is 2.59. The molecule has 2 rings (SSSR count). The molecule has 0 amide bonds. The quantitative estimate of drug-likeness (QED) is 0.892. The van der Waals surface area contributed by atoms with Crippen LogP contribution in [-0.4, -0.2) is 21.5 Å². The molecule has 1 unspecified atom stereocenters. The van der Waals surface area contributed by atoms with E-state index in [2.05, 4.69) is 23.9 Å². The second kappa shape index (κ2) is 5.13. The molecule has 1 aliphatic rings. The Morgan fingerprint density at radius 3 is 2.32 bits per heavy atom. The van der Waals surface area contributed by atoms with Gasteiger partial charge in [0.2, 0.25) is 10.0 Å². The first-order valence-electron chi connectivity index (χ1n) is 6.63. The number of nitrogens with one attached hydrogen (secondary N) is 2. The summed E-state index contributed by atoms with van der Waals surface area (Å²) in [5, 5.41) is 2.97. The third-order valence-electron chi connectivity index (χ3n) is 3.74. The van der Waals surface area contributed by atoms with Gasteiger partial charge in [0.05, 0.1) is 4.90 Å². The fraction of sp³-hybridized carbons (Fsp3) is 0.571. The maximum absolute atomic E-state index is 12.3. The van der Waals surface area contributed by atoms with Gasteiger partial charge < -0.3 is 5.32 Å². The van der Waals surface area contributed by atoms with Crippen LogP contribution in [0.4, 0.5) is 5.69 Å². The molecule has 1 saturated carbocycles. The summed E-state index contributed by atoms with van der Waals surface area (Å²) in [4.78, 5) is 0.330. The average Bonchev–Trinajstić information content (AvgIpc) is 2.68. The van der Waals surface area contributed by atoms with E-state index in [1.807, 2.05) is 7.05 Å². The van der Waals surface area contributed by atoms with Gasteiger partial charge in [0.25, 0.3) is 0 Å². The molecule has 1 aliphatic carbocycles. The van der Waals surface area contributed by atoms with Gasteiger partial charge in [-0.05, 0) is 48.9 Å². The lowest BCUT2D eigenvalue weighted by Gasteiger charge is -2.18. The van der Waals surface area contributed by atoms with Gasteiger partial charge in [-0.25, -0.2) is 13.1 Å². The van der Waals surface area contributed by atoms with Crippen molar-refractivity contribution in [2.45, 2.75) is 44.0 Å². The molecule has 106 valence electrons. The van der Waals surface area contributed by atoms with Crippen molar-refractivity contribution < 1.29 is 8.42 Å². The number of hydrogen-bond acceptors (Lipinski definition) is 3. The zero-order valence-corrected chi connectivity index (χ0v) is 12.5. The summed E-state index contributed by atoms with van der Waals surface area (Å²) in [6, 6.07) is 6.87. The molecule has 0 radical (unpaired) electrons. The van der Waals surface area contributed by atoms with Crippen molar-refractivity contribution in [3.8, 4) is 0 Å². The van der Waals surface area contributed by atoms with E-state index >= 15 is 0 Å². The highest BCUT2D eigenvalue weighted by molar-refractivity contribution is 7.89. The number of rotatable bonds is 4. The van der Waals surface area contributed by atoms with Crippen LogP contribution in [0.1, 0.15) is 33.1 Å². The number of benzene rings is 1. The van der Waals surface area contributed by atoms with E-state index in [0.29, 0.717) is 4.90 Å². The topological polar surface area (TPSA) is 58.2 Å². The SMILES string of the molecule is CNc1ccc(S(=O)(=O)NC2CCC(C)(C)C2)cc1. The summed E-state index contributed by atoms with van der Waals surface area (Å²) in [6.07, 6.45) is 2.89. The van der Waals surface area contributed by atoms with E-state index in [-0.39, 0.29) is 11.5 Å². The molecule has 1 fully saturated rings. The van der Waals surface area contributed by atoms with Crippen molar-refractivity contribution in [3.05, 3.63) is 24.3 Å². The molecule has 5 heteroatoms. The van der Waals surface area contributed by atoms with Gasteiger partial charge in [-0.1, -0.05) is 13.8 Å². The molecule has 4 nitrogen and oxygen atoms in total. The average molecular weight is 282 g/mol. The minimum absolute atomic E-state index is 0.0592. The molecule has 1 atom stereocenters. The molecule has 0 spiro atoms. The monoisotopic (exact) mass is 282 g/mol. The molecule has 0 aliphatic heterocycles. The lowest BCUT2D eigenvalue weighted by molar-refractivity contribution is 0.372. The smallest absolute Gasteiger partial charge is 0.240 e. The molecule has 0 heterocycles. The van der Waals surface area contributed by atoms with Crippen LogP contribution >= 0.6 is 0 Å². The highest BCUT2D eigenvalue weighted by atomic mass is 32.2. The third-order valence-corrected chi connectivity index (χ3v) is 5.28. The van der Waals surface area contributed by atoms with Crippen molar-refractivity contribution in [2.24, 2.45) is 5.41 Å². The molecular formula is C14H22N2O2S. The maximum atomic E-state index is 12.3. The summed E-state index contributed by atoms with van der Waals surface area (Å²) in [5.74, 6) is 0. The Morgan fingerprint density at radius 2 is 1.84 bits per heavy atom. The standard InChI is InChI=1S/C14H22N2O2S/c1-14(2)9-8-12(10-14)16-19(17,18)13-6-4-11(15-3)5-7-13/h4-7,12,15-16H,8-10H2,1-3H3. The second-order valence-electron chi connectivity index (χ2n) is 6.00. The van der Waals surface area contributed by atoms with Crippen LogP contribution in [0.5, 0.6) is 0 Å². The minimum atomic E-state index is -3.40. The fourth-order valence-corrected chi connectivity index (χ4v) is 3.90. The van der Waals surface area contributed by atoms with Crippen LogP contribution in [0, 0.1) is 5.41 Å². The Labute approximate surface area is 115 Å². The van der Waals surface area contributed by atoms with Gasteiger partial charge in [0.1, 0.15) is 0 Å². The first-order chi connectivity index (χ1) is 8.82. The Balaban J connectivity index is 2.10. The van der Waals surface area contributed by atoms with E-state index in [4.69, 9.17) is 0 Å². The number of anilines is 1. The van der Waals surface area contributed by atoms with Gasteiger partial charge in [0.15, 0.2) is 0 Å². The maximum Gasteiger partial charge on any atom is 0.240 e.